The van der Waals surface area contributed by atoms with E-state index in [-0.39, 0.29) is 0 Å². The number of aliphatic hydroxyl groups excluding tert-OH is 1. The Bertz CT molecular complexity index is 292. The Kier molecular flexibility index (Phi) is 9.67. The molecule has 1 aliphatic rings. The molecule has 3 N–H and O–H groups in total. The van der Waals surface area contributed by atoms with E-state index in [9.17, 15) is 15.3 Å². The summed E-state index contributed by atoms with van der Waals surface area (Å²) in [6.07, 6.45) is 13.4. The summed E-state index contributed by atoms with van der Waals surface area (Å²) in [4.78, 5) is 0. The van der Waals surface area contributed by atoms with Crippen LogP contribution >= 0.6 is 0 Å². The molecule has 1 saturated heterocycles. The first kappa shape index (κ1) is 20.9. The molecule has 0 radical (unpaired) electrons. The van der Waals surface area contributed by atoms with Crippen LogP contribution in [0.4, 0.5) is 0 Å². The monoisotopic (exact) mass is 330 g/mol. The van der Waals surface area contributed by atoms with Gasteiger partial charge in [-0.25, -0.2) is 0 Å². The summed E-state index contributed by atoms with van der Waals surface area (Å²) >= 11 is 0. The standard InChI is InChI=1S/C19H38O4/c1-3-5-7-9-11-13-15-18(21,19(22)17(20)23-19)16-14-12-10-8-6-4-2/h17,20-22H,3-16H2,1-2H3. The Balaban J connectivity index is 2.30. The molecule has 1 heterocycles. The van der Waals surface area contributed by atoms with E-state index < -0.39 is 17.7 Å². The van der Waals surface area contributed by atoms with Crippen LogP contribution < -0.4 is 0 Å². The van der Waals surface area contributed by atoms with Crippen LogP contribution in [0.25, 0.3) is 0 Å². The number of rotatable bonds is 15. The highest BCUT2D eigenvalue weighted by Gasteiger charge is 2.67. The fourth-order valence-electron chi connectivity index (χ4n) is 3.35. The molecule has 0 aromatic carbocycles. The lowest BCUT2D eigenvalue weighted by Gasteiger charge is -2.31. The molecule has 1 rings (SSSR count). The Morgan fingerprint density at radius 1 is 0.783 bits per heavy atom. The maximum Gasteiger partial charge on any atom is 0.250 e. The molecule has 23 heavy (non-hydrogen) atoms. The highest BCUT2D eigenvalue weighted by Crippen LogP contribution is 2.46. The predicted octanol–water partition coefficient (Wildman–Crippen LogP) is 4.26. The molecular formula is C19H38O4. The molecule has 0 amide bonds. The molecule has 1 fully saturated rings. The van der Waals surface area contributed by atoms with Gasteiger partial charge in [0.25, 0.3) is 0 Å². The van der Waals surface area contributed by atoms with Crippen LogP contribution in [-0.2, 0) is 4.74 Å². The second kappa shape index (κ2) is 10.7. The van der Waals surface area contributed by atoms with Gasteiger partial charge in [0.1, 0.15) is 5.60 Å². The van der Waals surface area contributed by atoms with Gasteiger partial charge < -0.3 is 20.1 Å². The van der Waals surface area contributed by atoms with E-state index in [0.717, 1.165) is 25.7 Å². The molecule has 2 atom stereocenters. The summed E-state index contributed by atoms with van der Waals surface area (Å²) < 4.78 is 4.92. The van der Waals surface area contributed by atoms with Crippen LogP contribution in [0.1, 0.15) is 104 Å². The number of hydrogen-bond donors (Lipinski definition) is 3. The highest BCUT2D eigenvalue weighted by molar-refractivity contribution is 5.03. The Morgan fingerprint density at radius 3 is 1.48 bits per heavy atom. The first-order valence-electron chi connectivity index (χ1n) is 9.81. The summed E-state index contributed by atoms with van der Waals surface area (Å²) in [6, 6.07) is 0. The van der Waals surface area contributed by atoms with Crippen LogP contribution in [-0.4, -0.2) is 33.0 Å². The number of hydrogen-bond acceptors (Lipinski definition) is 4. The first-order valence-corrected chi connectivity index (χ1v) is 9.81. The third-order valence-electron chi connectivity index (χ3n) is 5.12. The van der Waals surface area contributed by atoms with Crippen molar-refractivity contribution in [3.8, 4) is 0 Å². The molecule has 0 aromatic heterocycles. The number of ether oxygens (including phenoxy) is 1. The maximum absolute atomic E-state index is 10.9. The van der Waals surface area contributed by atoms with E-state index in [2.05, 4.69) is 13.8 Å². The smallest absolute Gasteiger partial charge is 0.250 e. The summed E-state index contributed by atoms with van der Waals surface area (Å²) in [6.45, 7) is 4.39. The topological polar surface area (TPSA) is 73.2 Å². The van der Waals surface area contributed by atoms with Crippen molar-refractivity contribution in [1.29, 1.82) is 0 Å². The zero-order chi connectivity index (χ0) is 17.2. The zero-order valence-electron chi connectivity index (χ0n) is 15.2. The van der Waals surface area contributed by atoms with Crippen molar-refractivity contribution in [3.63, 3.8) is 0 Å². The van der Waals surface area contributed by atoms with Crippen molar-refractivity contribution in [2.24, 2.45) is 0 Å². The van der Waals surface area contributed by atoms with Crippen molar-refractivity contribution >= 4 is 0 Å². The van der Waals surface area contributed by atoms with Gasteiger partial charge in [0, 0.05) is 0 Å². The Hall–Kier alpha value is -0.160. The lowest BCUT2D eigenvalue weighted by molar-refractivity contribution is -0.158. The van der Waals surface area contributed by atoms with Gasteiger partial charge in [-0.2, -0.15) is 0 Å². The first-order chi connectivity index (χ1) is 11.0. The lowest BCUT2D eigenvalue weighted by atomic mass is 9.84. The molecule has 138 valence electrons. The van der Waals surface area contributed by atoms with Crippen LogP contribution in [0.15, 0.2) is 0 Å². The fraction of sp³-hybridized carbons (Fsp3) is 1.00. The molecule has 2 unspecified atom stereocenters. The molecule has 4 nitrogen and oxygen atoms in total. The van der Waals surface area contributed by atoms with Crippen molar-refractivity contribution in [1.82, 2.24) is 0 Å². The van der Waals surface area contributed by atoms with Crippen LogP contribution in [0.2, 0.25) is 0 Å². The molecule has 1 aliphatic heterocycles. The van der Waals surface area contributed by atoms with Gasteiger partial charge in [0.15, 0.2) is 0 Å². The third-order valence-corrected chi connectivity index (χ3v) is 5.12. The fourth-order valence-corrected chi connectivity index (χ4v) is 3.35. The summed E-state index contributed by atoms with van der Waals surface area (Å²) in [5.41, 5.74) is -1.30. The van der Waals surface area contributed by atoms with Gasteiger partial charge >= 0.3 is 0 Å². The third kappa shape index (κ3) is 6.69. The molecule has 0 aliphatic carbocycles. The normalized spacial score (nSPS) is 24.1. The largest absolute Gasteiger partial charge is 0.384 e. The van der Waals surface area contributed by atoms with Gasteiger partial charge in [0.2, 0.25) is 12.1 Å². The summed E-state index contributed by atoms with van der Waals surface area (Å²) in [5.74, 6) is -1.74. The predicted molar refractivity (Wildman–Crippen MR) is 93.0 cm³/mol. The van der Waals surface area contributed by atoms with Crippen LogP contribution in [0.5, 0.6) is 0 Å². The highest BCUT2D eigenvalue weighted by atomic mass is 16.8. The van der Waals surface area contributed by atoms with Crippen molar-refractivity contribution in [2.45, 2.75) is 121 Å². The van der Waals surface area contributed by atoms with E-state index in [1.807, 2.05) is 0 Å². The van der Waals surface area contributed by atoms with Crippen LogP contribution in [0.3, 0.4) is 0 Å². The molecule has 4 heteroatoms. The zero-order valence-corrected chi connectivity index (χ0v) is 15.2. The molecule has 0 saturated carbocycles. The van der Waals surface area contributed by atoms with Crippen molar-refractivity contribution in [3.05, 3.63) is 0 Å². The summed E-state index contributed by atoms with van der Waals surface area (Å²) in [7, 11) is 0. The maximum atomic E-state index is 10.9. The van der Waals surface area contributed by atoms with E-state index in [4.69, 9.17) is 4.74 Å². The SMILES string of the molecule is CCCCCCCCC(O)(CCCCCCCC)C1(O)OC1O. The minimum atomic E-state index is -1.74. The number of aliphatic hydroxyl groups is 3. The number of epoxide rings is 1. The second-order valence-corrected chi connectivity index (χ2v) is 7.23. The Morgan fingerprint density at radius 2 is 1.13 bits per heavy atom. The van der Waals surface area contributed by atoms with Gasteiger partial charge in [0.05, 0.1) is 0 Å². The average molecular weight is 331 g/mol. The second-order valence-electron chi connectivity index (χ2n) is 7.23. The van der Waals surface area contributed by atoms with Gasteiger partial charge in [-0.05, 0) is 12.8 Å². The average Bonchev–Trinajstić information content (AvgIpc) is 3.15. The van der Waals surface area contributed by atoms with E-state index in [0.29, 0.717) is 12.8 Å². The van der Waals surface area contributed by atoms with Gasteiger partial charge in [-0.3, -0.25) is 0 Å². The van der Waals surface area contributed by atoms with Gasteiger partial charge in [-0.1, -0.05) is 90.9 Å². The quantitative estimate of drug-likeness (QED) is 0.310. The molecule has 0 aromatic rings. The molecule has 0 bridgehead atoms. The number of unbranched alkanes of at least 4 members (excludes halogenated alkanes) is 10. The Labute approximate surface area is 142 Å². The van der Waals surface area contributed by atoms with E-state index in [1.54, 1.807) is 0 Å². The molecular weight excluding hydrogens is 292 g/mol. The molecule has 0 spiro atoms. The summed E-state index contributed by atoms with van der Waals surface area (Å²) in [5, 5.41) is 30.7. The van der Waals surface area contributed by atoms with Gasteiger partial charge in [-0.15, -0.1) is 0 Å². The van der Waals surface area contributed by atoms with Crippen molar-refractivity contribution in [2.75, 3.05) is 0 Å². The minimum Gasteiger partial charge on any atom is -0.384 e. The van der Waals surface area contributed by atoms with Crippen LogP contribution in [0, 0.1) is 0 Å². The lowest BCUT2D eigenvalue weighted by Crippen LogP contribution is -2.47. The van der Waals surface area contributed by atoms with Crippen molar-refractivity contribution < 1.29 is 20.1 Å². The van der Waals surface area contributed by atoms with E-state index in [1.165, 1.54) is 51.4 Å². The van der Waals surface area contributed by atoms with E-state index >= 15 is 0 Å². The minimum absolute atomic E-state index is 0.502.